The highest BCUT2D eigenvalue weighted by molar-refractivity contribution is 5.61. The van der Waals surface area contributed by atoms with Crippen molar-refractivity contribution in [3.63, 3.8) is 0 Å². The maximum atomic E-state index is 8.52. The molecule has 0 fully saturated rings. The van der Waals surface area contributed by atoms with Gasteiger partial charge in [-0.3, -0.25) is 0 Å². The van der Waals surface area contributed by atoms with Gasteiger partial charge in [-0.25, -0.2) is 0 Å². The van der Waals surface area contributed by atoms with Crippen LogP contribution in [0.15, 0.2) is 18.2 Å². The molecule has 0 heterocycles. The highest BCUT2D eigenvalue weighted by Crippen LogP contribution is 2.31. The van der Waals surface area contributed by atoms with E-state index in [9.17, 15) is 0 Å². The summed E-state index contributed by atoms with van der Waals surface area (Å²) in [6.45, 7) is 0.817. The molecule has 0 N–H and O–H groups in total. The van der Waals surface area contributed by atoms with Crippen molar-refractivity contribution in [2.75, 3.05) is 32.7 Å². The monoisotopic (exact) mass is 234 g/mol. The van der Waals surface area contributed by atoms with Crippen molar-refractivity contribution in [3.05, 3.63) is 18.2 Å². The maximum absolute atomic E-state index is 8.52. The molecule has 92 valence electrons. The van der Waals surface area contributed by atoms with E-state index in [0.717, 1.165) is 30.2 Å². The number of benzene rings is 1. The number of hydrogen-bond acceptors (Lipinski definition) is 4. The Hall–Kier alpha value is -1.89. The van der Waals surface area contributed by atoms with Crippen molar-refractivity contribution >= 4 is 5.69 Å². The Balaban J connectivity index is 2.82. The molecule has 0 aliphatic carbocycles. The molecule has 0 spiro atoms. The Morgan fingerprint density at radius 2 is 2.06 bits per heavy atom. The van der Waals surface area contributed by atoms with E-state index in [4.69, 9.17) is 14.7 Å². The fourth-order valence-corrected chi connectivity index (χ4v) is 1.61. The molecule has 0 saturated heterocycles. The van der Waals surface area contributed by atoms with Gasteiger partial charge in [0, 0.05) is 26.1 Å². The van der Waals surface area contributed by atoms with Gasteiger partial charge >= 0.3 is 0 Å². The Morgan fingerprint density at radius 3 is 2.65 bits per heavy atom. The summed E-state index contributed by atoms with van der Waals surface area (Å²) < 4.78 is 10.5. The highest BCUT2D eigenvalue weighted by Gasteiger charge is 2.09. The van der Waals surface area contributed by atoms with Gasteiger partial charge in [0.1, 0.15) is 11.5 Å². The van der Waals surface area contributed by atoms with E-state index < -0.39 is 0 Å². The second-order valence-corrected chi connectivity index (χ2v) is 3.72. The smallest absolute Gasteiger partial charge is 0.142 e. The number of hydrogen-bond donors (Lipinski definition) is 0. The minimum Gasteiger partial charge on any atom is -0.497 e. The van der Waals surface area contributed by atoms with Crippen molar-refractivity contribution < 1.29 is 9.47 Å². The Kier molecular flexibility index (Phi) is 5.15. The van der Waals surface area contributed by atoms with Crippen molar-refractivity contribution in [2.45, 2.75) is 12.8 Å². The van der Waals surface area contributed by atoms with Gasteiger partial charge < -0.3 is 14.4 Å². The van der Waals surface area contributed by atoms with Crippen LogP contribution in [0, 0.1) is 11.3 Å². The van der Waals surface area contributed by atoms with Gasteiger partial charge in [0.15, 0.2) is 0 Å². The first kappa shape index (κ1) is 13.2. The topological polar surface area (TPSA) is 45.5 Å². The second-order valence-electron chi connectivity index (χ2n) is 3.72. The number of rotatable bonds is 6. The number of nitrogens with zero attached hydrogens (tertiary/aromatic N) is 2. The minimum atomic E-state index is 0.566. The molecule has 0 saturated carbocycles. The molecule has 0 aliphatic rings. The molecule has 0 aromatic heterocycles. The molecule has 0 unspecified atom stereocenters. The lowest BCUT2D eigenvalue weighted by molar-refractivity contribution is 0.403. The fourth-order valence-electron chi connectivity index (χ4n) is 1.61. The summed E-state index contributed by atoms with van der Waals surface area (Å²) in [6.07, 6.45) is 1.41. The van der Waals surface area contributed by atoms with Gasteiger partial charge in [-0.1, -0.05) is 0 Å². The molecule has 1 aromatic carbocycles. The summed E-state index contributed by atoms with van der Waals surface area (Å²) in [7, 11) is 5.27. The van der Waals surface area contributed by atoms with E-state index in [0.29, 0.717) is 6.42 Å². The molecule has 0 amide bonds. The third-order valence-corrected chi connectivity index (χ3v) is 2.58. The average molecular weight is 234 g/mol. The van der Waals surface area contributed by atoms with E-state index in [-0.39, 0.29) is 0 Å². The summed E-state index contributed by atoms with van der Waals surface area (Å²) in [5.41, 5.74) is 0.977. The first-order chi connectivity index (χ1) is 8.22. The predicted molar refractivity (Wildman–Crippen MR) is 67.7 cm³/mol. The van der Waals surface area contributed by atoms with E-state index in [1.165, 1.54) is 0 Å². The van der Waals surface area contributed by atoms with Crippen LogP contribution in [0.3, 0.4) is 0 Å². The quantitative estimate of drug-likeness (QED) is 0.709. The summed E-state index contributed by atoms with van der Waals surface area (Å²) in [6, 6.07) is 7.83. The van der Waals surface area contributed by atoms with Crippen molar-refractivity contribution in [1.29, 1.82) is 5.26 Å². The molecule has 17 heavy (non-hydrogen) atoms. The van der Waals surface area contributed by atoms with E-state index in [2.05, 4.69) is 11.0 Å². The Labute approximate surface area is 102 Å². The van der Waals surface area contributed by atoms with Crippen LogP contribution in [0.2, 0.25) is 0 Å². The minimum absolute atomic E-state index is 0.566. The Morgan fingerprint density at radius 1 is 1.29 bits per heavy atom. The van der Waals surface area contributed by atoms with Crippen molar-refractivity contribution in [1.82, 2.24) is 0 Å². The summed E-state index contributed by atoms with van der Waals surface area (Å²) in [5, 5.41) is 8.52. The van der Waals surface area contributed by atoms with Crippen LogP contribution in [-0.4, -0.2) is 27.8 Å². The standard InChI is InChI=1S/C13H18N2O2/c1-15(9-5-4-8-14)12-10-11(16-2)6-7-13(12)17-3/h6-7,10H,4-5,9H2,1-3H3. The van der Waals surface area contributed by atoms with Gasteiger partial charge in [-0.05, 0) is 18.6 Å². The SMILES string of the molecule is COc1ccc(OC)c(N(C)CCCC#N)c1. The zero-order valence-electron chi connectivity index (χ0n) is 10.6. The van der Waals surface area contributed by atoms with E-state index in [1.54, 1.807) is 14.2 Å². The third kappa shape index (κ3) is 3.56. The number of ether oxygens (including phenoxy) is 2. The van der Waals surface area contributed by atoms with Gasteiger partial charge in [-0.2, -0.15) is 5.26 Å². The maximum Gasteiger partial charge on any atom is 0.142 e. The van der Waals surface area contributed by atoms with Gasteiger partial charge in [0.05, 0.1) is 26.0 Å². The molecular formula is C13H18N2O2. The van der Waals surface area contributed by atoms with Crippen LogP contribution >= 0.6 is 0 Å². The normalized spacial score (nSPS) is 9.53. The molecule has 0 radical (unpaired) electrons. The zero-order chi connectivity index (χ0) is 12.7. The van der Waals surface area contributed by atoms with Crippen LogP contribution in [0.1, 0.15) is 12.8 Å². The fraction of sp³-hybridized carbons (Fsp3) is 0.462. The molecule has 0 atom stereocenters. The van der Waals surface area contributed by atoms with Gasteiger partial charge in [0.25, 0.3) is 0 Å². The lowest BCUT2D eigenvalue weighted by atomic mass is 10.2. The van der Waals surface area contributed by atoms with Crippen LogP contribution < -0.4 is 14.4 Å². The molecule has 0 aliphatic heterocycles. The highest BCUT2D eigenvalue weighted by atomic mass is 16.5. The van der Waals surface area contributed by atoms with Crippen LogP contribution in [0.5, 0.6) is 11.5 Å². The number of anilines is 1. The first-order valence-corrected chi connectivity index (χ1v) is 5.53. The lowest BCUT2D eigenvalue weighted by Gasteiger charge is -2.21. The number of unbranched alkanes of at least 4 members (excludes halogenated alkanes) is 1. The van der Waals surface area contributed by atoms with Gasteiger partial charge in [0.2, 0.25) is 0 Å². The van der Waals surface area contributed by atoms with E-state index >= 15 is 0 Å². The molecule has 4 nitrogen and oxygen atoms in total. The number of methoxy groups -OCH3 is 2. The largest absolute Gasteiger partial charge is 0.497 e. The zero-order valence-corrected chi connectivity index (χ0v) is 10.6. The molecule has 0 bridgehead atoms. The van der Waals surface area contributed by atoms with Gasteiger partial charge in [-0.15, -0.1) is 0 Å². The molecule has 1 rings (SSSR count). The summed E-state index contributed by atoms with van der Waals surface area (Å²) >= 11 is 0. The predicted octanol–water partition coefficient (Wildman–Crippen LogP) is 2.44. The van der Waals surface area contributed by atoms with Crippen LogP contribution in [-0.2, 0) is 0 Å². The molecule has 1 aromatic rings. The lowest BCUT2D eigenvalue weighted by Crippen LogP contribution is -2.19. The average Bonchev–Trinajstić information content (AvgIpc) is 2.38. The van der Waals surface area contributed by atoms with Crippen molar-refractivity contribution in [3.8, 4) is 17.6 Å². The van der Waals surface area contributed by atoms with E-state index in [1.807, 2.05) is 25.2 Å². The summed E-state index contributed by atoms with van der Waals surface area (Å²) in [5.74, 6) is 1.61. The second kappa shape index (κ2) is 6.64. The van der Waals surface area contributed by atoms with Crippen LogP contribution in [0.4, 0.5) is 5.69 Å². The first-order valence-electron chi connectivity index (χ1n) is 5.53. The molecular weight excluding hydrogens is 216 g/mol. The summed E-state index contributed by atoms with van der Waals surface area (Å²) in [4.78, 5) is 2.07. The van der Waals surface area contributed by atoms with Crippen LogP contribution in [0.25, 0.3) is 0 Å². The number of nitriles is 1. The van der Waals surface area contributed by atoms with Crippen molar-refractivity contribution in [2.24, 2.45) is 0 Å². The Bertz CT molecular complexity index is 399. The molecule has 4 heteroatoms. The third-order valence-electron chi connectivity index (χ3n) is 2.58.